The van der Waals surface area contributed by atoms with E-state index in [0.29, 0.717) is 48.0 Å². The molecule has 3 rings (SSSR count). The third-order valence-electron chi connectivity index (χ3n) is 3.78. The molecule has 2 aromatic heterocycles. The maximum absolute atomic E-state index is 12.1. The van der Waals surface area contributed by atoms with Gasteiger partial charge in [0.2, 0.25) is 5.91 Å². The number of ether oxygens (including phenoxy) is 2. The van der Waals surface area contributed by atoms with Gasteiger partial charge in [0.1, 0.15) is 12.7 Å². The molecule has 9 heteroatoms. The van der Waals surface area contributed by atoms with Crippen molar-refractivity contribution in [2.24, 2.45) is 0 Å². The summed E-state index contributed by atoms with van der Waals surface area (Å²) >= 11 is 0. The van der Waals surface area contributed by atoms with Crippen molar-refractivity contribution in [1.82, 2.24) is 19.7 Å². The van der Waals surface area contributed by atoms with Crippen molar-refractivity contribution in [3.8, 4) is 23.4 Å². The highest BCUT2D eigenvalue weighted by Gasteiger charge is 2.07. The molecule has 9 nitrogen and oxygen atoms in total. The van der Waals surface area contributed by atoms with Crippen LogP contribution in [0.3, 0.4) is 0 Å². The first kappa shape index (κ1) is 18.8. The Morgan fingerprint density at radius 1 is 1.29 bits per heavy atom. The minimum absolute atomic E-state index is 0.134. The Morgan fingerprint density at radius 3 is 2.86 bits per heavy atom. The second kappa shape index (κ2) is 9.14. The molecule has 2 heterocycles. The van der Waals surface area contributed by atoms with Crippen molar-refractivity contribution in [1.29, 1.82) is 5.26 Å². The Balaban J connectivity index is 1.44. The molecule has 142 valence electrons. The van der Waals surface area contributed by atoms with Crippen LogP contribution in [0.4, 0.5) is 5.69 Å². The van der Waals surface area contributed by atoms with Crippen LogP contribution in [0, 0.1) is 11.3 Å². The molecule has 1 N–H and O–H groups in total. The molecule has 0 atom stereocenters. The molecular weight excluding hydrogens is 360 g/mol. The quantitative estimate of drug-likeness (QED) is 0.598. The van der Waals surface area contributed by atoms with Gasteiger partial charge in [0.05, 0.1) is 37.2 Å². The largest absolute Gasteiger partial charge is 0.493 e. The number of carbonyl (C=O) groups is 1. The molecular formula is C19H18N6O3. The molecule has 1 amide bonds. The molecule has 0 saturated carbocycles. The third-order valence-corrected chi connectivity index (χ3v) is 3.78. The molecule has 0 bridgehead atoms. The minimum atomic E-state index is -0.134. The van der Waals surface area contributed by atoms with E-state index < -0.39 is 0 Å². The maximum atomic E-state index is 12.1. The summed E-state index contributed by atoms with van der Waals surface area (Å²) in [4.78, 5) is 20.1. The van der Waals surface area contributed by atoms with Crippen LogP contribution in [0.15, 0.2) is 49.2 Å². The third kappa shape index (κ3) is 4.82. The summed E-state index contributed by atoms with van der Waals surface area (Å²) in [6, 6.07) is 10.5. The zero-order valence-electron chi connectivity index (χ0n) is 15.2. The smallest absolute Gasteiger partial charge is 0.224 e. The van der Waals surface area contributed by atoms with Crippen LogP contribution < -0.4 is 14.8 Å². The van der Waals surface area contributed by atoms with Crippen LogP contribution in [-0.2, 0) is 4.79 Å². The summed E-state index contributed by atoms with van der Waals surface area (Å²) in [5.74, 6) is 1.50. The predicted molar refractivity (Wildman–Crippen MR) is 100 cm³/mol. The topological polar surface area (TPSA) is 115 Å². The summed E-state index contributed by atoms with van der Waals surface area (Å²) in [6.45, 7) is 0.346. The van der Waals surface area contributed by atoms with E-state index in [9.17, 15) is 4.79 Å². The summed E-state index contributed by atoms with van der Waals surface area (Å²) in [5, 5.41) is 15.7. The summed E-state index contributed by atoms with van der Waals surface area (Å²) in [5.41, 5.74) is 1.09. The molecule has 0 unspecified atom stereocenters. The molecule has 0 aliphatic heterocycles. The molecule has 1 aromatic carbocycles. The number of benzene rings is 1. The van der Waals surface area contributed by atoms with Gasteiger partial charge in [0.15, 0.2) is 17.3 Å². The van der Waals surface area contributed by atoms with Crippen molar-refractivity contribution in [3.05, 3.63) is 54.7 Å². The number of methoxy groups -OCH3 is 1. The first-order valence-electron chi connectivity index (χ1n) is 8.51. The number of nitriles is 1. The number of pyridine rings is 1. The van der Waals surface area contributed by atoms with Gasteiger partial charge in [-0.1, -0.05) is 0 Å². The highest BCUT2D eigenvalue weighted by molar-refractivity contribution is 5.90. The Hall–Kier alpha value is -3.93. The molecule has 0 aliphatic carbocycles. The van der Waals surface area contributed by atoms with Gasteiger partial charge in [-0.15, -0.1) is 0 Å². The Labute approximate surface area is 161 Å². The fourth-order valence-corrected chi connectivity index (χ4v) is 2.42. The minimum Gasteiger partial charge on any atom is -0.493 e. The van der Waals surface area contributed by atoms with Gasteiger partial charge in [0, 0.05) is 12.5 Å². The number of aromatic nitrogens is 4. The molecule has 0 radical (unpaired) electrons. The lowest BCUT2D eigenvalue weighted by molar-refractivity contribution is -0.116. The van der Waals surface area contributed by atoms with Crippen LogP contribution in [0.1, 0.15) is 18.4 Å². The first-order chi connectivity index (χ1) is 13.7. The lowest BCUT2D eigenvalue weighted by Crippen LogP contribution is -2.13. The van der Waals surface area contributed by atoms with Crippen molar-refractivity contribution in [2.75, 3.05) is 19.0 Å². The fourth-order valence-electron chi connectivity index (χ4n) is 2.42. The SMILES string of the molecule is COc1cc(C#N)ccc1OCCCC(=O)Nc1ccc(-n2cncn2)nc1. The fraction of sp³-hybridized carbons (Fsp3) is 0.211. The van der Waals surface area contributed by atoms with Crippen molar-refractivity contribution < 1.29 is 14.3 Å². The standard InChI is InChI=1S/C19H18N6O3/c1-27-17-9-14(10-20)4-6-16(17)28-8-2-3-19(26)24-15-5-7-18(22-11-15)25-13-21-12-23-25/h4-7,9,11-13H,2-3,8H2,1H3,(H,24,26). The van der Waals surface area contributed by atoms with E-state index in [0.717, 1.165) is 0 Å². The van der Waals surface area contributed by atoms with E-state index in [2.05, 4.69) is 20.4 Å². The van der Waals surface area contributed by atoms with Gasteiger partial charge in [-0.25, -0.2) is 14.6 Å². The number of rotatable bonds is 8. The van der Waals surface area contributed by atoms with Gasteiger partial charge in [-0.3, -0.25) is 4.79 Å². The number of nitrogens with zero attached hydrogens (tertiary/aromatic N) is 5. The van der Waals surface area contributed by atoms with E-state index in [1.54, 1.807) is 42.9 Å². The van der Waals surface area contributed by atoms with Gasteiger partial charge >= 0.3 is 0 Å². The monoisotopic (exact) mass is 378 g/mol. The van der Waals surface area contributed by atoms with Crippen molar-refractivity contribution in [2.45, 2.75) is 12.8 Å². The van der Waals surface area contributed by atoms with Gasteiger partial charge in [0.25, 0.3) is 0 Å². The zero-order chi connectivity index (χ0) is 19.8. The Kier molecular flexibility index (Phi) is 6.15. The highest BCUT2D eigenvalue weighted by Crippen LogP contribution is 2.27. The van der Waals surface area contributed by atoms with Gasteiger partial charge < -0.3 is 14.8 Å². The number of nitrogens with one attached hydrogen (secondary N) is 1. The van der Waals surface area contributed by atoms with E-state index in [-0.39, 0.29) is 5.91 Å². The van der Waals surface area contributed by atoms with Crippen LogP contribution >= 0.6 is 0 Å². The van der Waals surface area contributed by atoms with Crippen LogP contribution in [0.5, 0.6) is 11.5 Å². The molecule has 28 heavy (non-hydrogen) atoms. The molecule has 3 aromatic rings. The average Bonchev–Trinajstić information content (AvgIpc) is 3.26. The van der Waals surface area contributed by atoms with E-state index >= 15 is 0 Å². The zero-order valence-corrected chi connectivity index (χ0v) is 15.2. The average molecular weight is 378 g/mol. The highest BCUT2D eigenvalue weighted by atomic mass is 16.5. The molecule has 0 saturated heterocycles. The van der Waals surface area contributed by atoms with Crippen LogP contribution in [0.25, 0.3) is 5.82 Å². The Bertz CT molecular complexity index is 964. The van der Waals surface area contributed by atoms with Crippen LogP contribution in [0.2, 0.25) is 0 Å². The number of hydrogen-bond donors (Lipinski definition) is 1. The molecule has 0 aliphatic rings. The summed E-state index contributed by atoms with van der Waals surface area (Å²) in [7, 11) is 1.51. The number of carbonyl (C=O) groups excluding carboxylic acids is 1. The predicted octanol–water partition coefficient (Wildman–Crippen LogP) is 2.34. The molecule has 0 spiro atoms. The lowest BCUT2D eigenvalue weighted by atomic mass is 10.2. The van der Waals surface area contributed by atoms with Crippen molar-refractivity contribution in [3.63, 3.8) is 0 Å². The van der Waals surface area contributed by atoms with Gasteiger partial charge in [-0.2, -0.15) is 10.4 Å². The second-order valence-corrected chi connectivity index (χ2v) is 5.72. The molecule has 0 fully saturated rings. The van der Waals surface area contributed by atoms with E-state index in [1.165, 1.54) is 18.1 Å². The summed E-state index contributed by atoms with van der Waals surface area (Å²) < 4.78 is 12.4. The first-order valence-corrected chi connectivity index (χ1v) is 8.51. The Morgan fingerprint density at radius 2 is 2.18 bits per heavy atom. The van der Waals surface area contributed by atoms with Crippen LogP contribution in [-0.4, -0.2) is 39.4 Å². The normalized spacial score (nSPS) is 10.1. The second-order valence-electron chi connectivity index (χ2n) is 5.72. The van der Waals surface area contributed by atoms with Gasteiger partial charge in [-0.05, 0) is 30.7 Å². The van der Waals surface area contributed by atoms with E-state index in [1.807, 2.05) is 6.07 Å². The lowest BCUT2D eigenvalue weighted by Gasteiger charge is -2.11. The van der Waals surface area contributed by atoms with Crippen molar-refractivity contribution >= 4 is 11.6 Å². The maximum Gasteiger partial charge on any atom is 0.224 e. The summed E-state index contributed by atoms with van der Waals surface area (Å²) in [6.07, 6.45) is 5.35. The van der Waals surface area contributed by atoms with E-state index in [4.69, 9.17) is 14.7 Å². The number of anilines is 1. The number of amides is 1. The number of hydrogen-bond acceptors (Lipinski definition) is 7.